The smallest absolute Gasteiger partial charge is 0.0685 e. The Morgan fingerprint density at radius 1 is 1.00 bits per heavy atom. The lowest BCUT2D eigenvalue weighted by molar-refractivity contribution is -0.130. The highest BCUT2D eigenvalue weighted by molar-refractivity contribution is 5.01. The summed E-state index contributed by atoms with van der Waals surface area (Å²) < 4.78 is 6.26. The molecule has 0 amide bonds. The summed E-state index contributed by atoms with van der Waals surface area (Å²) in [5.41, 5.74) is 7.23. The fraction of sp³-hybridized carbons (Fsp3) is 1.00. The highest BCUT2D eigenvalue weighted by atomic mass is 16.5. The fourth-order valence-corrected chi connectivity index (χ4v) is 5.09. The molecule has 2 saturated carbocycles. The van der Waals surface area contributed by atoms with Gasteiger partial charge in [0.2, 0.25) is 0 Å². The minimum atomic E-state index is 0.125. The van der Waals surface area contributed by atoms with Crippen LogP contribution in [0.25, 0.3) is 0 Å². The van der Waals surface area contributed by atoms with Gasteiger partial charge < -0.3 is 10.5 Å². The lowest BCUT2D eigenvalue weighted by Gasteiger charge is -2.50. The van der Waals surface area contributed by atoms with E-state index in [0.29, 0.717) is 5.92 Å². The van der Waals surface area contributed by atoms with Crippen molar-refractivity contribution in [1.82, 2.24) is 0 Å². The molecular formula is C18H33NO. The van der Waals surface area contributed by atoms with Crippen LogP contribution in [0.15, 0.2) is 0 Å². The van der Waals surface area contributed by atoms with E-state index in [4.69, 9.17) is 10.5 Å². The SMILES string of the molecule is CCC1CCC(N)(C2CCOC3(CCCCC3)C2)CC1. The third kappa shape index (κ3) is 2.92. The van der Waals surface area contributed by atoms with Crippen LogP contribution in [0.1, 0.15) is 84.0 Å². The predicted octanol–water partition coefficient (Wildman–Crippen LogP) is 4.41. The van der Waals surface area contributed by atoms with Crippen molar-refractivity contribution in [3.05, 3.63) is 0 Å². The average Bonchev–Trinajstić information content (AvgIpc) is 2.49. The van der Waals surface area contributed by atoms with Crippen molar-refractivity contribution in [2.75, 3.05) is 6.61 Å². The van der Waals surface area contributed by atoms with E-state index in [-0.39, 0.29) is 11.1 Å². The zero-order valence-electron chi connectivity index (χ0n) is 13.3. The summed E-state index contributed by atoms with van der Waals surface area (Å²) in [6.07, 6.45) is 15.7. The van der Waals surface area contributed by atoms with Crippen LogP contribution in [-0.4, -0.2) is 17.7 Å². The Bertz CT molecular complexity index is 308. The van der Waals surface area contributed by atoms with E-state index in [1.807, 2.05) is 0 Å². The lowest BCUT2D eigenvalue weighted by Crippen LogP contribution is -2.55. The first-order valence-electron chi connectivity index (χ1n) is 9.09. The molecule has 2 heteroatoms. The molecular weight excluding hydrogens is 246 g/mol. The van der Waals surface area contributed by atoms with Crippen molar-refractivity contribution in [2.24, 2.45) is 17.6 Å². The van der Waals surface area contributed by atoms with Gasteiger partial charge in [-0.3, -0.25) is 0 Å². The molecule has 0 aromatic rings. The van der Waals surface area contributed by atoms with Gasteiger partial charge in [0.25, 0.3) is 0 Å². The van der Waals surface area contributed by atoms with E-state index < -0.39 is 0 Å². The molecule has 1 heterocycles. The molecule has 0 radical (unpaired) electrons. The summed E-state index contributed by atoms with van der Waals surface area (Å²) in [5, 5.41) is 0. The maximum Gasteiger partial charge on any atom is 0.0685 e. The van der Waals surface area contributed by atoms with Gasteiger partial charge in [0.1, 0.15) is 0 Å². The minimum Gasteiger partial charge on any atom is -0.375 e. The minimum absolute atomic E-state index is 0.125. The molecule has 3 fully saturated rings. The van der Waals surface area contributed by atoms with Crippen LogP contribution < -0.4 is 5.73 Å². The zero-order valence-corrected chi connectivity index (χ0v) is 13.3. The second-order valence-corrected chi connectivity index (χ2v) is 7.87. The van der Waals surface area contributed by atoms with Gasteiger partial charge in [0.15, 0.2) is 0 Å². The highest BCUT2D eigenvalue weighted by Gasteiger charge is 2.46. The molecule has 1 atom stereocenters. The monoisotopic (exact) mass is 279 g/mol. The molecule has 20 heavy (non-hydrogen) atoms. The fourth-order valence-electron chi connectivity index (χ4n) is 5.09. The van der Waals surface area contributed by atoms with E-state index in [1.165, 1.54) is 77.0 Å². The molecule has 1 aliphatic heterocycles. The number of ether oxygens (including phenoxy) is 1. The Hall–Kier alpha value is -0.0800. The largest absolute Gasteiger partial charge is 0.375 e. The first kappa shape index (κ1) is 14.8. The topological polar surface area (TPSA) is 35.2 Å². The zero-order chi connectivity index (χ0) is 14.1. The summed E-state index contributed by atoms with van der Waals surface area (Å²) in [5.74, 6) is 1.65. The van der Waals surface area contributed by atoms with Crippen molar-refractivity contribution in [1.29, 1.82) is 0 Å². The van der Waals surface area contributed by atoms with E-state index >= 15 is 0 Å². The number of hydrogen-bond acceptors (Lipinski definition) is 2. The van der Waals surface area contributed by atoms with E-state index in [9.17, 15) is 0 Å². The van der Waals surface area contributed by atoms with Gasteiger partial charge in [-0.15, -0.1) is 0 Å². The lowest BCUT2D eigenvalue weighted by atomic mass is 9.64. The third-order valence-corrected chi connectivity index (χ3v) is 6.68. The van der Waals surface area contributed by atoms with Crippen LogP contribution in [-0.2, 0) is 4.74 Å². The number of nitrogens with two attached hydrogens (primary N) is 1. The van der Waals surface area contributed by atoms with Gasteiger partial charge in [-0.2, -0.15) is 0 Å². The van der Waals surface area contributed by atoms with Gasteiger partial charge >= 0.3 is 0 Å². The molecule has 2 nitrogen and oxygen atoms in total. The van der Waals surface area contributed by atoms with Gasteiger partial charge in [0, 0.05) is 12.1 Å². The number of rotatable bonds is 2. The van der Waals surface area contributed by atoms with Crippen molar-refractivity contribution in [2.45, 2.75) is 95.1 Å². The molecule has 3 rings (SSSR count). The Kier molecular flexibility index (Phi) is 4.42. The molecule has 0 aromatic heterocycles. The molecule has 0 bridgehead atoms. The van der Waals surface area contributed by atoms with Gasteiger partial charge in [0.05, 0.1) is 5.60 Å². The second-order valence-electron chi connectivity index (χ2n) is 7.87. The van der Waals surface area contributed by atoms with Crippen LogP contribution in [0.2, 0.25) is 0 Å². The molecule has 2 aliphatic carbocycles. The maximum absolute atomic E-state index is 6.89. The van der Waals surface area contributed by atoms with Crippen molar-refractivity contribution >= 4 is 0 Å². The molecule has 2 N–H and O–H groups in total. The van der Waals surface area contributed by atoms with Crippen LogP contribution in [0.3, 0.4) is 0 Å². The summed E-state index contributed by atoms with van der Waals surface area (Å²) in [7, 11) is 0. The molecule has 3 aliphatic rings. The first-order chi connectivity index (χ1) is 9.66. The Morgan fingerprint density at radius 2 is 1.70 bits per heavy atom. The van der Waals surface area contributed by atoms with E-state index in [1.54, 1.807) is 0 Å². The molecule has 1 saturated heterocycles. The second kappa shape index (κ2) is 5.96. The van der Waals surface area contributed by atoms with Gasteiger partial charge in [-0.05, 0) is 63.2 Å². The normalized spacial score (nSPS) is 41.7. The van der Waals surface area contributed by atoms with Crippen molar-refractivity contribution in [3.8, 4) is 0 Å². The van der Waals surface area contributed by atoms with E-state index in [2.05, 4.69) is 6.92 Å². The Balaban J connectivity index is 1.64. The van der Waals surface area contributed by atoms with Gasteiger partial charge in [-0.25, -0.2) is 0 Å². The predicted molar refractivity (Wildman–Crippen MR) is 83.7 cm³/mol. The van der Waals surface area contributed by atoms with Crippen LogP contribution in [0, 0.1) is 11.8 Å². The molecule has 1 spiro atoms. The van der Waals surface area contributed by atoms with Crippen LogP contribution >= 0.6 is 0 Å². The molecule has 0 aromatic carbocycles. The first-order valence-corrected chi connectivity index (χ1v) is 9.09. The standard InChI is InChI=1S/C18H33NO/c1-2-15-6-11-18(19,12-7-15)16-8-13-20-17(14-16)9-4-3-5-10-17/h15-16H,2-14,19H2,1H3. The van der Waals surface area contributed by atoms with Crippen molar-refractivity contribution < 1.29 is 4.74 Å². The average molecular weight is 279 g/mol. The van der Waals surface area contributed by atoms with Crippen LogP contribution in [0.5, 0.6) is 0 Å². The quantitative estimate of drug-likeness (QED) is 0.812. The number of hydrogen-bond donors (Lipinski definition) is 1. The van der Waals surface area contributed by atoms with Crippen molar-refractivity contribution in [3.63, 3.8) is 0 Å². The summed E-state index contributed by atoms with van der Waals surface area (Å²) >= 11 is 0. The van der Waals surface area contributed by atoms with Gasteiger partial charge in [-0.1, -0.05) is 32.6 Å². The van der Waals surface area contributed by atoms with Crippen LogP contribution in [0.4, 0.5) is 0 Å². The van der Waals surface area contributed by atoms with E-state index in [0.717, 1.165) is 12.5 Å². The summed E-state index contributed by atoms with van der Waals surface area (Å²) in [6.45, 7) is 3.29. The highest BCUT2D eigenvalue weighted by Crippen LogP contribution is 2.47. The summed E-state index contributed by atoms with van der Waals surface area (Å²) in [4.78, 5) is 0. The molecule has 116 valence electrons. The Morgan fingerprint density at radius 3 is 2.35 bits per heavy atom. The summed E-state index contributed by atoms with van der Waals surface area (Å²) in [6, 6.07) is 0. The molecule has 1 unspecified atom stereocenters. The maximum atomic E-state index is 6.89. The third-order valence-electron chi connectivity index (χ3n) is 6.68. The Labute approximate surface area is 124 Å².